The molecular weight excluding hydrogens is 174 g/mol. The van der Waals surface area contributed by atoms with E-state index in [9.17, 15) is 5.11 Å². The molecule has 0 aromatic rings. The lowest BCUT2D eigenvalue weighted by molar-refractivity contribution is 0.139. The van der Waals surface area contributed by atoms with Crippen LogP contribution in [0.5, 0.6) is 0 Å². The van der Waals surface area contributed by atoms with E-state index in [1.165, 1.54) is 0 Å². The Morgan fingerprint density at radius 1 is 1.29 bits per heavy atom. The van der Waals surface area contributed by atoms with Gasteiger partial charge in [0, 0.05) is 19.1 Å². The Morgan fingerprint density at radius 3 is 2.29 bits per heavy atom. The predicted octanol–water partition coefficient (Wildman–Crippen LogP) is 1.43. The van der Waals surface area contributed by atoms with Crippen LogP contribution in [0.3, 0.4) is 0 Å². The number of likely N-dealkylation sites (tertiary alicyclic amines) is 1. The third-order valence-corrected chi connectivity index (χ3v) is 3.47. The van der Waals surface area contributed by atoms with E-state index in [2.05, 4.69) is 36.1 Å². The molecule has 2 rings (SSSR count). The first-order chi connectivity index (χ1) is 6.85. The second-order valence-corrected chi connectivity index (χ2v) is 4.30. The van der Waals surface area contributed by atoms with Crippen molar-refractivity contribution in [1.29, 1.82) is 0 Å². The number of allylic oxidation sites excluding steroid dienone is 2. The molecule has 1 aliphatic carbocycles. The summed E-state index contributed by atoms with van der Waals surface area (Å²) in [5.41, 5.74) is 0. The summed E-state index contributed by atoms with van der Waals surface area (Å²) in [4.78, 5) is 2.43. The van der Waals surface area contributed by atoms with Crippen molar-refractivity contribution in [3.8, 4) is 0 Å². The number of aliphatic hydroxyl groups excluding tert-OH is 1. The lowest BCUT2D eigenvalue weighted by Gasteiger charge is -2.24. The fraction of sp³-hybridized carbons (Fsp3) is 0.667. The van der Waals surface area contributed by atoms with Crippen LogP contribution in [0, 0.1) is 11.8 Å². The van der Waals surface area contributed by atoms with Crippen LogP contribution in [0.25, 0.3) is 0 Å². The lowest BCUT2D eigenvalue weighted by atomic mass is 9.92. The third-order valence-electron chi connectivity index (χ3n) is 3.47. The highest BCUT2D eigenvalue weighted by Crippen LogP contribution is 2.29. The molecule has 2 aliphatic rings. The monoisotopic (exact) mass is 193 g/mol. The van der Waals surface area contributed by atoms with Crippen molar-refractivity contribution in [2.24, 2.45) is 11.8 Å². The average molecular weight is 193 g/mol. The maximum Gasteiger partial charge on any atom is 0.0586 e. The highest BCUT2D eigenvalue weighted by atomic mass is 16.3. The predicted molar refractivity (Wildman–Crippen MR) is 58.0 cm³/mol. The van der Waals surface area contributed by atoms with Gasteiger partial charge in [-0.25, -0.2) is 0 Å². The van der Waals surface area contributed by atoms with Crippen LogP contribution >= 0.6 is 0 Å². The molecule has 0 spiro atoms. The quantitative estimate of drug-likeness (QED) is 0.733. The van der Waals surface area contributed by atoms with Crippen molar-refractivity contribution in [3.05, 3.63) is 24.3 Å². The van der Waals surface area contributed by atoms with Crippen molar-refractivity contribution < 1.29 is 5.11 Å². The highest BCUT2D eigenvalue weighted by Gasteiger charge is 2.33. The molecular formula is C12H19NO. The van der Waals surface area contributed by atoms with Crippen LogP contribution < -0.4 is 0 Å². The molecule has 3 atom stereocenters. The van der Waals surface area contributed by atoms with E-state index in [1.807, 2.05) is 0 Å². The average Bonchev–Trinajstić information content (AvgIpc) is 2.63. The number of fused-ring (bicyclic) bond motifs is 1. The van der Waals surface area contributed by atoms with Gasteiger partial charge < -0.3 is 5.11 Å². The molecule has 1 heterocycles. The fourth-order valence-electron chi connectivity index (χ4n) is 2.51. The maximum absolute atomic E-state index is 9.24. The number of rotatable bonds is 3. The molecule has 2 nitrogen and oxygen atoms in total. The summed E-state index contributed by atoms with van der Waals surface area (Å²) in [6.07, 6.45) is 9.93. The summed E-state index contributed by atoms with van der Waals surface area (Å²) in [5.74, 6) is 1.36. The van der Waals surface area contributed by atoms with Crippen molar-refractivity contribution >= 4 is 0 Å². The molecule has 1 aliphatic heterocycles. The van der Waals surface area contributed by atoms with E-state index < -0.39 is 0 Å². The summed E-state index contributed by atoms with van der Waals surface area (Å²) in [6.45, 7) is 4.67. The van der Waals surface area contributed by atoms with Gasteiger partial charge in [0.2, 0.25) is 0 Å². The Kier molecular flexibility index (Phi) is 3.04. The van der Waals surface area contributed by atoms with Gasteiger partial charge in [0.25, 0.3) is 0 Å². The van der Waals surface area contributed by atoms with Crippen LogP contribution in [-0.2, 0) is 0 Å². The fourth-order valence-corrected chi connectivity index (χ4v) is 2.51. The molecule has 0 bridgehead atoms. The minimum Gasteiger partial charge on any atom is -0.395 e. The van der Waals surface area contributed by atoms with Crippen LogP contribution in [0.1, 0.15) is 13.3 Å². The number of hydrogen-bond donors (Lipinski definition) is 1. The van der Waals surface area contributed by atoms with E-state index in [0.29, 0.717) is 24.5 Å². The standard InChI is InChI=1S/C12H19NO/c1-2-12(9-14)13-7-10-5-3-4-6-11(10)8-13/h3-6,10-12,14H,2,7-9H2,1H3/t10-,11+,12-/m1/s1. The Balaban J connectivity index is 1.99. The van der Waals surface area contributed by atoms with Crippen molar-refractivity contribution in [2.45, 2.75) is 19.4 Å². The molecule has 14 heavy (non-hydrogen) atoms. The zero-order valence-electron chi connectivity index (χ0n) is 8.76. The molecule has 78 valence electrons. The zero-order valence-corrected chi connectivity index (χ0v) is 8.76. The Labute approximate surface area is 85.9 Å². The van der Waals surface area contributed by atoms with Gasteiger partial charge in [-0.2, -0.15) is 0 Å². The Bertz CT molecular complexity index is 223. The molecule has 0 aromatic carbocycles. The van der Waals surface area contributed by atoms with Gasteiger partial charge >= 0.3 is 0 Å². The zero-order chi connectivity index (χ0) is 9.97. The molecule has 0 saturated carbocycles. The van der Waals surface area contributed by atoms with Crippen LogP contribution in [-0.4, -0.2) is 35.7 Å². The van der Waals surface area contributed by atoms with Gasteiger partial charge in [0.15, 0.2) is 0 Å². The van der Waals surface area contributed by atoms with Gasteiger partial charge in [-0.15, -0.1) is 0 Å². The summed E-state index contributed by atoms with van der Waals surface area (Å²) in [7, 11) is 0. The lowest BCUT2D eigenvalue weighted by Crippen LogP contribution is -2.35. The molecule has 0 aromatic heterocycles. The molecule has 1 N–H and O–H groups in total. The van der Waals surface area contributed by atoms with Crippen LogP contribution in [0.2, 0.25) is 0 Å². The van der Waals surface area contributed by atoms with E-state index in [0.717, 1.165) is 19.5 Å². The smallest absolute Gasteiger partial charge is 0.0586 e. The van der Waals surface area contributed by atoms with Gasteiger partial charge in [-0.1, -0.05) is 31.2 Å². The van der Waals surface area contributed by atoms with Gasteiger partial charge in [-0.3, -0.25) is 4.90 Å². The third kappa shape index (κ3) is 1.77. The number of aliphatic hydroxyl groups is 1. The SMILES string of the molecule is CC[C@H](CO)N1C[C@H]2C=CC=C[C@H]2C1. The van der Waals surface area contributed by atoms with Crippen molar-refractivity contribution in [3.63, 3.8) is 0 Å². The first-order valence-corrected chi connectivity index (χ1v) is 5.55. The molecule has 2 heteroatoms. The normalized spacial score (nSPS) is 33.3. The first-order valence-electron chi connectivity index (χ1n) is 5.55. The van der Waals surface area contributed by atoms with E-state index in [4.69, 9.17) is 0 Å². The maximum atomic E-state index is 9.24. The Morgan fingerprint density at radius 2 is 1.86 bits per heavy atom. The van der Waals surface area contributed by atoms with E-state index >= 15 is 0 Å². The summed E-state index contributed by atoms with van der Waals surface area (Å²) < 4.78 is 0. The number of hydrogen-bond acceptors (Lipinski definition) is 2. The van der Waals surface area contributed by atoms with Gasteiger partial charge in [0.1, 0.15) is 0 Å². The molecule has 1 fully saturated rings. The summed E-state index contributed by atoms with van der Waals surface area (Å²) >= 11 is 0. The number of nitrogens with zero attached hydrogens (tertiary/aromatic N) is 1. The largest absolute Gasteiger partial charge is 0.395 e. The second kappa shape index (κ2) is 4.28. The first kappa shape index (κ1) is 9.94. The van der Waals surface area contributed by atoms with Crippen LogP contribution in [0.4, 0.5) is 0 Å². The van der Waals surface area contributed by atoms with E-state index in [-0.39, 0.29) is 0 Å². The molecule has 0 radical (unpaired) electrons. The molecule has 0 amide bonds. The minimum absolute atomic E-state index is 0.295. The minimum atomic E-state index is 0.295. The van der Waals surface area contributed by atoms with Crippen LogP contribution in [0.15, 0.2) is 24.3 Å². The summed E-state index contributed by atoms with van der Waals surface area (Å²) in [6, 6.07) is 0.363. The van der Waals surface area contributed by atoms with E-state index in [1.54, 1.807) is 0 Å². The molecule has 0 unspecified atom stereocenters. The second-order valence-electron chi connectivity index (χ2n) is 4.30. The topological polar surface area (TPSA) is 23.5 Å². The van der Waals surface area contributed by atoms with Crippen molar-refractivity contribution in [2.75, 3.05) is 19.7 Å². The van der Waals surface area contributed by atoms with Crippen molar-refractivity contribution in [1.82, 2.24) is 4.90 Å². The van der Waals surface area contributed by atoms with Gasteiger partial charge in [-0.05, 0) is 18.3 Å². The van der Waals surface area contributed by atoms with Gasteiger partial charge in [0.05, 0.1) is 6.61 Å². The molecule has 1 saturated heterocycles. The Hall–Kier alpha value is -0.600. The highest BCUT2D eigenvalue weighted by molar-refractivity contribution is 5.17. The summed E-state index contributed by atoms with van der Waals surface area (Å²) in [5, 5.41) is 9.24.